The number of hydrogen-bond acceptors (Lipinski definition) is 4. The lowest BCUT2D eigenvalue weighted by molar-refractivity contribution is -0.384. The van der Waals surface area contributed by atoms with Gasteiger partial charge in [-0.25, -0.2) is 0 Å². The minimum Gasteiger partial charge on any atom is -0.396 e. The van der Waals surface area contributed by atoms with Crippen LogP contribution >= 0.6 is 23.2 Å². The smallest absolute Gasteiger partial charge is 0.293 e. The number of nitrogens with one attached hydrogen (secondary N) is 1. The molecule has 2 N–H and O–H groups in total. The van der Waals surface area contributed by atoms with Crippen molar-refractivity contribution in [3.8, 4) is 0 Å². The van der Waals surface area contributed by atoms with E-state index in [4.69, 9.17) is 28.3 Å². The standard InChI is InChI=1S/C12H12Cl2N2O3/c13-9-4-11(12(16(18)19)5-10(9)14)15-8-2-1-7(3-8)6-17/h1-2,4-5,7-8,15,17H,3,6H2/t7-,8+/m1/s1. The summed E-state index contributed by atoms with van der Waals surface area (Å²) < 4.78 is 0. The van der Waals surface area contributed by atoms with Crippen LogP contribution in [0.3, 0.4) is 0 Å². The van der Waals surface area contributed by atoms with E-state index in [0.29, 0.717) is 12.1 Å². The van der Waals surface area contributed by atoms with E-state index < -0.39 is 4.92 Å². The Morgan fingerprint density at radius 1 is 1.37 bits per heavy atom. The van der Waals surface area contributed by atoms with Gasteiger partial charge in [-0.05, 0) is 12.5 Å². The number of nitro benzene ring substituents is 1. The van der Waals surface area contributed by atoms with Crippen molar-refractivity contribution in [2.45, 2.75) is 12.5 Å². The molecule has 0 fully saturated rings. The number of aliphatic hydroxyl groups is 1. The monoisotopic (exact) mass is 302 g/mol. The van der Waals surface area contributed by atoms with Gasteiger partial charge in [0.25, 0.3) is 5.69 Å². The number of anilines is 1. The summed E-state index contributed by atoms with van der Waals surface area (Å²) in [5, 5.41) is 23.5. The fourth-order valence-electron chi connectivity index (χ4n) is 2.02. The number of nitro groups is 1. The molecular formula is C12H12Cl2N2O3. The predicted octanol–water partition coefficient (Wildman–Crippen LogP) is 3.25. The topological polar surface area (TPSA) is 75.4 Å². The second-order valence-electron chi connectivity index (χ2n) is 4.35. The Labute approximate surface area is 120 Å². The Morgan fingerprint density at radius 3 is 2.63 bits per heavy atom. The van der Waals surface area contributed by atoms with E-state index in [1.54, 1.807) is 0 Å². The Balaban J connectivity index is 2.23. The van der Waals surface area contributed by atoms with Crippen LogP contribution in [0.1, 0.15) is 6.42 Å². The van der Waals surface area contributed by atoms with Crippen molar-refractivity contribution in [3.05, 3.63) is 44.4 Å². The summed E-state index contributed by atoms with van der Waals surface area (Å²) in [6, 6.07) is 2.62. The molecule has 19 heavy (non-hydrogen) atoms. The van der Waals surface area contributed by atoms with Crippen LogP contribution in [0.25, 0.3) is 0 Å². The van der Waals surface area contributed by atoms with Gasteiger partial charge < -0.3 is 10.4 Å². The molecule has 1 aliphatic carbocycles. The first kappa shape index (κ1) is 14.1. The quantitative estimate of drug-likeness (QED) is 0.508. The molecule has 0 unspecified atom stereocenters. The van der Waals surface area contributed by atoms with Gasteiger partial charge in [0.15, 0.2) is 0 Å². The molecule has 1 aliphatic rings. The fraction of sp³-hybridized carbons (Fsp3) is 0.333. The molecule has 1 aromatic carbocycles. The van der Waals surface area contributed by atoms with E-state index in [-0.39, 0.29) is 34.3 Å². The van der Waals surface area contributed by atoms with E-state index in [1.807, 2.05) is 12.2 Å². The van der Waals surface area contributed by atoms with Crippen LogP contribution in [0.2, 0.25) is 10.0 Å². The highest BCUT2D eigenvalue weighted by molar-refractivity contribution is 6.42. The van der Waals surface area contributed by atoms with Crippen LogP contribution in [-0.2, 0) is 0 Å². The van der Waals surface area contributed by atoms with Crippen molar-refractivity contribution < 1.29 is 10.0 Å². The highest BCUT2D eigenvalue weighted by Crippen LogP contribution is 2.35. The average Bonchev–Trinajstić information content (AvgIpc) is 2.81. The first-order valence-corrected chi connectivity index (χ1v) is 6.46. The van der Waals surface area contributed by atoms with Gasteiger partial charge in [0.05, 0.1) is 15.0 Å². The van der Waals surface area contributed by atoms with Crippen molar-refractivity contribution in [1.29, 1.82) is 0 Å². The summed E-state index contributed by atoms with van der Waals surface area (Å²) in [6.45, 7) is 0.0676. The molecule has 0 saturated heterocycles. The molecule has 102 valence electrons. The van der Waals surface area contributed by atoms with Crippen LogP contribution in [0.5, 0.6) is 0 Å². The zero-order valence-electron chi connectivity index (χ0n) is 9.85. The molecule has 0 amide bonds. The third-order valence-corrected chi connectivity index (χ3v) is 3.71. The SMILES string of the molecule is O=[N+]([O-])c1cc(Cl)c(Cl)cc1N[C@H]1C=C[C@@H](CO)C1. The minimum absolute atomic E-state index is 0.0620. The first-order chi connectivity index (χ1) is 9.01. The fourth-order valence-corrected chi connectivity index (χ4v) is 2.34. The largest absolute Gasteiger partial charge is 0.396 e. The van der Waals surface area contributed by atoms with Crippen molar-refractivity contribution in [3.63, 3.8) is 0 Å². The second kappa shape index (κ2) is 5.77. The summed E-state index contributed by atoms with van der Waals surface area (Å²) in [4.78, 5) is 10.5. The zero-order chi connectivity index (χ0) is 14.0. The van der Waals surface area contributed by atoms with Gasteiger partial charge in [0.1, 0.15) is 5.69 Å². The molecule has 0 aromatic heterocycles. The summed E-state index contributed by atoms with van der Waals surface area (Å²) in [5.74, 6) is 0.0827. The Kier molecular flexibility index (Phi) is 4.29. The number of aliphatic hydroxyl groups excluding tert-OH is 1. The molecule has 1 aromatic rings. The van der Waals surface area contributed by atoms with Crippen molar-refractivity contribution in [1.82, 2.24) is 0 Å². The third-order valence-electron chi connectivity index (χ3n) is 2.98. The number of rotatable bonds is 4. The van der Waals surface area contributed by atoms with E-state index in [0.717, 1.165) is 0 Å². The highest BCUT2D eigenvalue weighted by Gasteiger charge is 2.22. The van der Waals surface area contributed by atoms with Gasteiger partial charge in [-0.15, -0.1) is 0 Å². The van der Waals surface area contributed by atoms with Crippen LogP contribution in [0, 0.1) is 16.0 Å². The molecule has 0 heterocycles. The van der Waals surface area contributed by atoms with Gasteiger partial charge in [-0.3, -0.25) is 10.1 Å². The average molecular weight is 303 g/mol. The lowest BCUT2D eigenvalue weighted by Crippen LogP contribution is -2.17. The summed E-state index contributed by atoms with van der Waals surface area (Å²) in [6.07, 6.45) is 4.46. The van der Waals surface area contributed by atoms with E-state index >= 15 is 0 Å². The highest BCUT2D eigenvalue weighted by atomic mass is 35.5. The Morgan fingerprint density at radius 2 is 2.05 bits per heavy atom. The second-order valence-corrected chi connectivity index (χ2v) is 5.17. The Bertz CT molecular complexity index is 534. The van der Waals surface area contributed by atoms with Gasteiger partial charge in [-0.2, -0.15) is 0 Å². The van der Waals surface area contributed by atoms with Crippen LogP contribution in [0.4, 0.5) is 11.4 Å². The van der Waals surface area contributed by atoms with E-state index in [9.17, 15) is 10.1 Å². The van der Waals surface area contributed by atoms with Gasteiger partial charge in [0, 0.05) is 24.6 Å². The normalized spacial score (nSPS) is 21.6. The van der Waals surface area contributed by atoms with Crippen LogP contribution in [-0.4, -0.2) is 22.7 Å². The lowest BCUT2D eigenvalue weighted by Gasteiger charge is -2.14. The molecule has 2 rings (SSSR count). The van der Waals surface area contributed by atoms with Gasteiger partial charge in [-0.1, -0.05) is 35.4 Å². The third kappa shape index (κ3) is 3.18. The summed E-state index contributed by atoms with van der Waals surface area (Å²) in [5.41, 5.74) is 0.211. The molecule has 0 saturated carbocycles. The molecule has 5 nitrogen and oxygen atoms in total. The number of nitrogens with zero attached hydrogens (tertiary/aromatic N) is 1. The first-order valence-electron chi connectivity index (χ1n) is 5.70. The van der Waals surface area contributed by atoms with Gasteiger partial charge in [0.2, 0.25) is 0 Å². The van der Waals surface area contributed by atoms with Crippen LogP contribution < -0.4 is 5.32 Å². The number of hydrogen-bond donors (Lipinski definition) is 2. The maximum absolute atomic E-state index is 11.0. The van der Waals surface area contributed by atoms with Crippen LogP contribution in [0.15, 0.2) is 24.3 Å². The molecule has 7 heteroatoms. The summed E-state index contributed by atoms with van der Waals surface area (Å²) >= 11 is 11.7. The minimum atomic E-state index is -0.507. The van der Waals surface area contributed by atoms with E-state index in [1.165, 1.54) is 12.1 Å². The number of benzene rings is 1. The maximum Gasteiger partial charge on any atom is 0.293 e. The lowest BCUT2D eigenvalue weighted by atomic mass is 10.1. The molecular weight excluding hydrogens is 291 g/mol. The maximum atomic E-state index is 11.0. The molecule has 0 bridgehead atoms. The molecule has 2 atom stereocenters. The van der Waals surface area contributed by atoms with Crippen molar-refractivity contribution in [2.75, 3.05) is 11.9 Å². The van der Waals surface area contributed by atoms with Crippen molar-refractivity contribution >= 4 is 34.6 Å². The van der Waals surface area contributed by atoms with E-state index in [2.05, 4.69) is 5.32 Å². The van der Waals surface area contributed by atoms with Gasteiger partial charge >= 0.3 is 0 Å². The van der Waals surface area contributed by atoms with Crippen molar-refractivity contribution in [2.24, 2.45) is 5.92 Å². The number of halogens is 2. The Hall–Kier alpha value is -1.30. The predicted molar refractivity (Wildman–Crippen MR) is 74.9 cm³/mol. The molecule has 0 aliphatic heterocycles. The molecule has 0 radical (unpaired) electrons. The molecule has 0 spiro atoms. The summed E-state index contributed by atoms with van der Waals surface area (Å²) in [7, 11) is 0. The zero-order valence-corrected chi connectivity index (χ0v) is 11.4.